The number of sulfonamides is 1. The number of ether oxygens (including phenoxy) is 1. The molecule has 1 heterocycles. The van der Waals surface area contributed by atoms with Crippen molar-refractivity contribution >= 4 is 39.3 Å². The SMILES string of the molecule is CC(C)[C@H]1NC(=O)[C@@H](Cc2ccc(Cl)cc2)CCCOc2ccccc2CCCNC(=O)[C@H](CNS(C)(=O)=O)NC1=O. The summed E-state index contributed by atoms with van der Waals surface area (Å²) in [7, 11) is -3.63. The fraction of sp³-hybridized carbons (Fsp3) is 0.500. The summed E-state index contributed by atoms with van der Waals surface area (Å²) in [4.78, 5) is 40.1. The first-order valence-corrected chi connectivity index (χ1v) is 16.5. The number of amides is 3. The van der Waals surface area contributed by atoms with Gasteiger partial charge in [-0.1, -0.05) is 55.8 Å². The van der Waals surface area contributed by atoms with Crippen LogP contribution in [0.1, 0.15) is 44.2 Å². The van der Waals surface area contributed by atoms with Crippen molar-refractivity contribution in [3.8, 4) is 5.75 Å². The van der Waals surface area contributed by atoms with Crippen LogP contribution in [0.25, 0.3) is 0 Å². The number of fused-ring (bicyclic) bond motifs is 1. The third-order valence-electron chi connectivity index (χ3n) is 7.04. The number of carbonyl (C=O) groups excluding carboxylic acids is 3. The maximum absolute atomic E-state index is 13.6. The summed E-state index contributed by atoms with van der Waals surface area (Å²) < 4.78 is 31.9. The van der Waals surface area contributed by atoms with E-state index in [1.807, 2.05) is 36.4 Å². The first kappa shape index (κ1) is 33.4. The van der Waals surface area contributed by atoms with Gasteiger partial charge in [-0.2, -0.15) is 0 Å². The van der Waals surface area contributed by atoms with E-state index in [4.69, 9.17) is 16.3 Å². The summed E-state index contributed by atoms with van der Waals surface area (Å²) in [5, 5.41) is 8.93. The zero-order valence-electron chi connectivity index (χ0n) is 24.3. The van der Waals surface area contributed by atoms with Gasteiger partial charge in [0.05, 0.1) is 12.9 Å². The molecule has 2 aromatic carbocycles. The molecule has 3 rings (SSSR count). The molecule has 0 saturated carbocycles. The van der Waals surface area contributed by atoms with Crippen molar-refractivity contribution in [1.29, 1.82) is 0 Å². The molecule has 0 aromatic heterocycles. The highest BCUT2D eigenvalue weighted by Crippen LogP contribution is 2.22. The summed E-state index contributed by atoms with van der Waals surface area (Å²) in [5.74, 6) is -1.40. The van der Waals surface area contributed by atoms with Gasteiger partial charge in [-0.15, -0.1) is 0 Å². The molecule has 1 aliphatic heterocycles. The molecule has 230 valence electrons. The third kappa shape index (κ3) is 10.9. The number of nitrogens with one attached hydrogen (secondary N) is 4. The lowest BCUT2D eigenvalue weighted by Gasteiger charge is -2.27. The van der Waals surface area contributed by atoms with Crippen LogP contribution in [0.15, 0.2) is 48.5 Å². The minimum atomic E-state index is -3.63. The van der Waals surface area contributed by atoms with Gasteiger partial charge >= 0.3 is 0 Å². The van der Waals surface area contributed by atoms with Crippen LogP contribution < -0.4 is 25.4 Å². The molecule has 3 atom stereocenters. The molecule has 0 saturated heterocycles. The van der Waals surface area contributed by atoms with Crippen LogP contribution >= 0.6 is 11.6 Å². The zero-order chi connectivity index (χ0) is 30.7. The molecule has 0 fully saturated rings. The molecule has 42 heavy (non-hydrogen) atoms. The molecular formula is C30H41ClN4O6S. The molecule has 0 spiro atoms. The van der Waals surface area contributed by atoms with Gasteiger partial charge in [0.2, 0.25) is 27.7 Å². The number of benzene rings is 2. The van der Waals surface area contributed by atoms with Gasteiger partial charge < -0.3 is 20.7 Å². The number of para-hydroxylation sites is 1. The monoisotopic (exact) mass is 620 g/mol. The quantitative estimate of drug-likeness (QED) is 0.391. The number of rotatable bonds is 6. The molecule has 1 aliphatic rings. The normalized spacial score (nSPS) is 21.6. The first-order valence-electron chi connectivity index (χ1n) is 14.2. The van der Waals surface area contributed by atoms with Crippen molar-refractivity contribution < 1.29 is 27.5 Å². The van der Waals surface area contributed by atoms with Crippen molar-refractivity contribution in [3.63, 3.8) is 0 Å². The lowest BCUT2D eigenvalue weighted by Crippen LogP contribution is -2.58. The van der Waals surface area contributed by atoms with Crippen LogP contribution in [-0.4, -0.2) is 64.2 Å². The number of hydrogen-bond acceptors (Lipinski definition) is 6. The Labute approximate surface area is 253 Å². The standard InChI is InChI=1S/C30H41ClN4O6S/c1-20(2)27-30(38)34-25(19-33-42(3,39)40)29(37)32-16-6-9-22-8-4-5-11-26(22)41-17-7-10-23(28(36)35-27)18-21-12-14-24(31)15-13-21/h4-5,8,11-15,20,23,25,27,33H,6-7,9-10,16-19H2,1-3H3,(H,32,37)(H,34,38)(H,35,36)/t23-,25+,27-/m1/s1. The van der Waals surface area contributed by atoms with Crippen LogP contribution in [0.5, 0.6) is 5.75 Å². The van der Waals surface area contributed by atoms with E-state index in [9.17, 15) is 22.8 Å². The molecule has 12 heteroatoms. The Morgan fingerprint density at radius 1 is 0.976 bits per heavy atom. The number of hydrogen-bond donors (Lipinski definition) is 4. The van der Waals surface area contributed by atoms with Crippen LogP contribution in [0.4, 0.5) is 0 Å². The lowest BCUT2D eigenvalue weighted by atomic mass is 9.92. The predicted octanol–water partition coefficient (Wildman–Crippen LogP) is 2.60. The van der Waals surface area contributed by atoms with Crippen LogP contribution in [0.2, 0.25) is 5.02 Å². The molecule has 0 radical (unpaired) electrons. The van der Waals surface area contributed by atoms with Gasteiger partial charge in [-0.05, 0) is 67.3 Å². The highest BCUT2D eigenvalue weighted by molar-refractivity contribution is 7.88. The van der Waals surface area contributed by atoms with Crippen molar-refractivity contribution in [2.75, 3.05) is 26.0 Å². The Kier molecular flexibility index (Phi) is 12.6. The van der Waals surface area contributed by atoms with Crippen molar-refractivity contribution in [2.45, 2.75) is 58.0 Å². The summed E-state index contributed by atoms with van der Waals surface area (Å²) in [6.45, 7) is 3.99. The predicted molar refractivity (Wildman–Crippen MR) is 163 cm³/mol. The maximum Gasteiger partial charge on any atom is 0.243 e. The van der Waals surface area contributed by atoms with Gasteiger partial charge in [-0.3, -0.25) is 14.4 Å². The van der Waals surface area contributed by atoms with Gasteiger partial charge in [0.1, 0.15) is 17.8 Å². The van der Waals surface area contributed by atoms with Crippen LogP contribution in [0.3, 0.4) is 0 Å². The molecule has 0 aliphatic carbocycles. The number of aryl methyl sites for hydroxylation is 1. The molecular weight excluding hydrogens is 580 g/mol. The van der Waals surface area contributed by atoms with Gasteiger partial charge in [0.15, 0.2) is 0 Å². The van der Waals surface area contributed by atoms with Gasteiger partial charge in [0.25, 0.3) is 0 Å². The van der Waals surface area contributed by atoms with E-state index < -0.39 is 39.8 Å². The van der Waals surface area contributed by atoms with Gasteiger partial charge in [-0.25, -0.2) is 13.1 Å². The molecule has 3 amide bonds. The average molecular weight is 621 g/mol. The zero-order valence-corrected chi connectivity index (χ0v) is 25.9. The van der Waals surface area contributed by atoms with Crippen LogP contribution in [-0.2, 0) is 37.2 Å². The van der Waals surface area contributed by atoms with E-state index in [0.29, 0.717) is 50.3 Å². The van der Waals surface area contributed by atoms with Crippen molar-refractivity contribution in [1.82, 2.24) is 20.7 Å². The highest BCUT2D eigenvalue weighted by atomic mass is 35.5. The topological polar surface area (TPSA) is 143 Å². The van der Waals surface area contributed by atoms with E-state index in [-0.39, 0.29) is 18.4 Å². The summed E-state index contributed by atoms with van der Waals surface area (Å²) in [6.07, 6.45) is 3.81. The maximum atomic E-state index is 13.6. The first-order chi connectivity index (χ1) is 19.9. The fourth-order valence-electron chi connectivity index (χ4n) is 4.72. The molecule has 0 bridgehead atoms. The Morgan fingerprint density at radius 3 is 2.38 bits per heavy atom. The summed E-state index contributed by atoms with van der Waals surface area (Å²) in [6, 6.07) is 12.9. The summed E-state index contributed by atoms with van der Waals surface area (Å²) >= 11 is 6.05. The fourth-order valence-corrected chi connectivity index (χ4v) is 5.31. The average Bonchev–Trinajstić information content (AvgIpc) is 2.93. The van der Waals surface area contributed by atoms with E-state index >= 15 is 0 Å². The minimum absolute atomic E-state index is 0.296. The Morgan fingerprint density at radius 2 is 1.69 bits per heavy atom. The Hall–Kier alpha value is -3.15. The second-order valence-corrected chi connectivity index (χ2v) is 13.2. The molecule has 10 nitrogen and oxygen atoms in total. The largest absolute Gasteiger partial charge is 0.493 e. The van der Waals surface area contributed by atoms with Crippen molar-refractivity contribution in [3.05, 3.63) is 64.7 Å². The Balaban J connectivity index is 1.88. The second-order valence-electron chi connectivity index (χ2n) is 10.9. The van der Waals surface area contributed by atoms with Crippen molar-refractivity contribution in [2.24, 2.45) is 11.8 Å². The van der Waals surface area contributed by atoms with E-state index in [1.54, 1.807) is 26.0 Å². The van der Waals surface area contributed by atoms with E-state index in [0.717, 1.165) is 23.1 Å². The lowest BCUT2D eigenvalue weighted by molar-refractivity contribution is -0.134. The molecule has 4 N–H and O–H groups in total. The van der Waals surface area contributed by atoms with E-state index in [1.165, 1.54) is 0 Å². The van der Waals surface area contributed by atoms with Gasteiger partial charge in [0, 0.05) is 24.0 Å². The molecule has 0 unspecified atom stereocenters. The second kappa shape index (κ2) is 15.9. The molecule has 2 aromatic rings. The Bertz CT molecular complexity index is 1320. The third-order valence-corrected chi connectivity index (χ3v) is 7.99. The van der Waals surface area contributed by atoms with Crippen LogP contribution in [0, 0.1) is 11.8 Å². The minimum Gasteiger partial charge on any atom is -0.493 e. The number of carbonyl (C=O) groups is 3. The van der Waals surface area contributed by atoms with E-state index in [2.05, 4.69) is 20.7 Å². The summed E-state index contributed by atoms with van der Waals surface area (Å²) in [5.41, 5.74) is 1.92. The highest BCUT2D eigenvalue weighted by Gasteiger charge is 2.31. The number of halogens is 1. The smallest absolute Gasteiger partial charge is 0.243 e.